The molecule has 0 saturated heterocycles. The summed E-state index contributed by atoms with van der Waals surface area (Å²) in [6.45, 7) is 1.73. The van der Waals surface area contributed by atoms with E-state index in [-0.39, 0.29) is 9.96 Å². The lowest BCUT2D eigenvalue weighted by Gasteiger charge is -2.07. The molecule has 1 amide bonds. The highest BCUT2D eigenvalue weighted by molar-refractivity contribution is 7.94. The Labute approximate surface area is 166 Å². The van der Waals surface area contributed by atoms with Gasteiger partial charge in [0.1, 0.15) is 9.96 Å². The quantitative estimate of drug-likeness (QED) is 0.423. The Morgan fingerprint density at radius 3 is 2.25 bits per heavy atom. The fraction of sp³-hybridized carbons (Fsp3) is 0.0526. The van der Waals surface area contributed by atoms with E-state index in [0.717, 1.165) is 16.9 Å². The van der Waals surface area contributed by atoms with Gasteiger partial charge in [0.2, 0.25) is 0 Å². The number of phenols is 1. The van der Waals surface area contributed by atoms with Crippen molar-refractivity contribution in [2.24, 2.45) is 5.10 Å². The predicted octanol–water partition coefficient (Wildman–Crippen LogP) is 3.41. The predicted molar refractivity (Wildman–Crippen MR) is 109 cm³/mol. The monoisotopic (exact) mass is 415 g/mol. The number of aromatic hydroxyl groups is 1. The highest BCUT2D eigenvalue weighted by Crippen LogP contribution is 2.20. The maximum absolute atomic E-state index is 12.2. The lowest BCUT2D eigenvalue weighted by molar-refractivity contribution is 0.0955. The third kappa shape index (κ3) is 4.76. The summed E-state index contributed by atoms with van der Waals surface area (Å²) in [6.07, 6.45) is 0. The second-order valence-electron chi connectivity index (χ2n) is 5.80. The zero-order valence-corrected chi connectivity index (χ0v) is 16.4. The number of amides is 1. The van der Waals surface area contributed by atoms with Crippen LogP contribution in [0.5, 0.6) is 5.75 Å². The van der Waals surface area contributed by atoms with Gasteiger partial charge in [-0.15, -0.1) is 11.3 Å². The molecule has 0 spiro atoms. The van der Waals surface area contributed by atoms with Gasteiger partial charge in [0, 0.05) is 11.3 Å². The number of benzene rings is 2. The molecule has 0 aliphatic rings. The van der Waals surface area contributed by atoms with Crippen molar-refractivity contribution in [3.05, 3.63) is 77.2 Å². The van der Waals surface area contributed by atoms with Crippen LogP contribution in [0.1, 0.15) is 22.8 Å². The van der Waals surface area contributed by atoms with Crippen LogP contribution in [0.15, 0.2) is 75.4 Å². The van der Waals surface area contributed by atoms with Crippen molar-refractivity contribution >= 4 is 38.7 Å². The second kappa shape index (κ2) is 8.24. The first kappa shape index (κ1) is 19.6. The summed E-state index contributed by atoms with van der Waals surface area (Å²) in [7, 11) is -3.63. The highest BCUT2D eigenvalue weighted by Gasteiger charge is 2.15. The number of hydrogen-bond donors (Lipinski definition) is 3. The molecular formula is C19H17N3O4S2. The number of nitrogens with one attached hydrogen (secondary N) is 2. The van der Waals surface area contributed by atoms with Crippen LogP contribution in [-0.4, -0.2) is 25.1 Å². The Morgan fingerprint density at radius 1 is 1.00 bits per heavy atom. The van der Waals surface area contributed by atoms with E-state index < -0.39 is 15.9 Å². The first-order valence-corrected chi connectivity index (χ1v) is 10.5. The summed E-state index contributed by atoms with van der Waals surface area (Å²) in [5.41, 5.74) is 4.48. The molecule has 7 nitrogen and oxygen atoms in total. The number of carbonyl (C=O) groups excluding carboxylic acids is 1. The molecule has 2 aromatic carbocycles. The van der Waals surface area contributed by atoms with Crippen LogP contribution < -0.4 is 10.1 Å². The minimum absolute atomic E-state index is 0.148. The standard InChI is InChI=1S/C19H17N3O4S2/c1-13(14-6-10-17(23)11-7-14)20-21-19(24)15-4-8-16(9-5-15)22-28(25,26)18-3-2-12-27-18/h2-12,22-23H,1H3,(H,21,24)/b20-13+. The molecule has 0 aliphatic carbocycles. The maximum Gasteiger partial charge on any atom is 0.271 e. The third-order valence-corrected chi connectivity index (χ3v) is 6.55. The van der Waals surface area contributed by atoms with Crippen molar-refractivity contribution in [3.63, 3.8) is 0 Å². The summed E-state index contributed by atoms with van der Waals surface area (Å²) in [5, 5.41) is 15.0. The summed E-state index contributed by atoms with van der Waals surface area (Å²) in [6, 6.07) is 15.7. The normalized spacial score (nSPS) is 11.8. The number of thiophene rings is 1. The van der Waals surface area contributed by atoms with Gasteiger partial charge in [-0.25, -0.2) is 13.8 Å². The molecule has 0 saturated carbocycles. The lowest BCUT2D eigenvalue weighted by Crippen LogP contribution is -2.19. The Hall–Kier alpha value is -3.17. The van der Waals surface area contributed by atoms with Gasteiger partial charge >= 0.3 is 0 Å². The first-order valence-electron chi connectivity index (χ1n) is 8.15. The van der Waals surface area contributed by atoms with Gasteiger partial charge in [-0.05, 0) is 72.5 Å². The summed E-state index contributed by atoms with van der Waals surface area (Å²) < 4.78 is 27.1. The lowest BCUT2D eigenvalue weighted by atomic mass is 10.1. The number of phenolic OH excluding ortho intramolecular Hbond substituents is 1. The smallest absolute Gasteiger partial charge is 0.271 e. The molecule has 1 heterocycles. The second-order valence-corrected chi connectivity index (χ2v) is 8.66. The molecule has 0 radical (unpaired) electrons. The number of hydrogen-bond acceptors (Lipinski definition) is 6. The van der Waals surface area contributed by atoms with E-state index in [1.807, 2.05) is 0 Å². The number of rotatable bonds is 6. The van der Waals surface area contributed by atoms with Gasteiger partial charge in [-0.3, -0.25) is 9.52 Å². The van der Waals surface area contributed by atoms with E-state index in [2.05, 4.69) is 15.2 Å². The topological polar surface area (TPSA) is 108 Å². The third-order valence-electron chi connectivity index (χ3n) is 3.77. The van der Waals surface area contributed by atoms with E-state index in [1.54, 1.807) is 30.5 Å². The largest absolute Gasteiger partial charge is 0.508 e. The molecule has 0 bridgehead atoms. The van der Waals surface area contributed by atoms with Crippen molar-refractivity contribution in [1.29, 1.82) is 0 Å². The molecule has 3 rings (SSSR count). The average Bonchev–Trinajstić information content (AvgIpc) is 3.22. The van der Waals surface area contributed by atoms with Crippen LogP contribution in [0.3, 0.4) is 0 Å². The van der Waals surface area contributed by atoms with Crippen LogP contribution in [0.25, 0.3) is 0 Å². The van der Waals surface area contributed by atoms with Gasteiger partial charge in [0.15, 0.2) is 0 Å². The van der Waals surface area contributed by atoms with E-state index >= 15 is 0 Å². The van der Waals surface area contributed by atoms with Crippen LogP contribution in [0.2, 0.25) is 0 Å². The molecule has 0 unspecified atom stereocenters. The van der Waals surface area contributed by atoms with E-state index in [4.69, 9.17) is 0 Å². The molecule has 3 N–H and O–H groups in total. The Bertz CT molecular complexity index is 1090. The van der Waals surface area contributed by atoms with Crippen molar-refractivity contribution in [2.45, 2.75) is 11.1 Å². The Kier molecular flexibility index (Phi) is 5.76. The number of carbonyl (C=O) groups is 1. The average molecular weight is 415 g/mol. The first-order chi connectivity index (χ1) is 13.3. The highest BCUT2D eigenvalue weighted by atomic mass is 32.2. The minimum atomic E-state index is -3.63. The summed E-state index contributed by atoms with van der Waals surface area (Å²) in [4.78, 5) is 12.2. The van der Waals surface area contributed by atoms with Crippen molar-refractivity contribution in [2.75, 3.05) is 4.72 Å². The van der Waals surface area contributed by atoms with Gasteiger partial charge in [-0.1, -0.05) is 6.07 Å². The van der Waals surface area contributed by atoms with Crippen LogP contribution in [-0.2, 0) is 10.0 Å². The van der Waals surface area contributed by atoms with Gasteiger partial charge in [0.25, 0.3) is 15.9 Å². The van der Waals surface area contributed by atoms with E-state index in [0.29, 0.717) is 17.0 Å². The zero-order valence-electron chi connectivity index (χ0n) is 14.8. The fourth-order valence-corrected chi connectivity index (χ4v) is 4.33. The molecule has 0 atom stereocenters. The fourth-order valence-electron chi connectivity index (χ4n) is 2.28. The van der Waals surface area contributed by atoms with Crippen LogP contribution >= 0.6 is 11.3 Å². The molecule has 28 heavy (non-hydrogen) atoms. The molecule has 144 valence electrons. The van der Waals surface area contributed by atoms with Gasteiger partial charge < -0.3 is 5.11 Å². The molecule has 9 heteroatoms. The van der Waals surface area contributed by atoms with E-state index in [9.17, 15) is 18.3 Å². The van der Waals surface area contributed by atoms with Gasteiger partial charge in [-0.2, -0.15) is 5.10 Å². The molecular weight excluding hydrogens is 398 g/mol. The summed E-state index contributed by atoms with van der Waals surface area (Å²) >= 11 is 1.12. The SMILES string of the molecule is C/C(=N\NC(=O)c1ccc(NS(=O)(=O)c2cccs2)cc1)c1ccc(O)cc1. The Morgan fingerprint density at radius 2 is 1.64 bits per heavy atom. The molecule has 3 aromatic rings. The molecule has 0 fully saturated rings. The van der Waals surface area contributed by atoms with Crippen molar-refractivity contribution < 1.29 is 18.3 Å². The van der Waals surface area contributed by atoms with Gasteiger partial charge in [0.05, 0.1) is 5.71 Å². The number of anilines is 1. The number of hydrazone groups is 1. The van der Waals surface area contributed by atoms with Crippen LogP contribution in [0.4, 0.5) is 5.69 Å². The van der Waals surface area contributed by atoms with Crippen molar-refractivity contribution in [3.8, 4) is 5.75 Å². The number of nitrogens with zero attached hydrogens (tertiary/aromatic N) is 1. The molecule has 1 aromatic heterocycles. The zero-order chi connectivity index (χ0) is 20.1. The number of sulfonamides is 1. The van der Waals surface area contributed by atoms with Crippen LogP contribution in [0, 0.1) is 0 Å². The maximum atomic E-state index is 12.2. The summed E-state index contributed by atoms with van der Waals surface area (Å²) in [5.74, 6) is -0.277. The molecule has 0 aliphatic heterocycles. The van der Waals surface area contributed by atoms with Crippen molar-refractivity contribution in [1.82, 2.24) is 5.43 Å². The Balaban J connectivity index is 1.65. The minimum Gasteiger partial charge on any atom is -0.508 e. The van der Waals surface area contributed by atoms with E-state index in [1.165, 1.54) is 42.5 Å².